The first-order valence-electron chi connectivity index (χ1n) is 8.45. The number of alkyl halides is 2. The molecule has 0 aliphatic heterocycles. The fraction of sp³-hybridized carbons (Fsp3) is 0.294. The fourth-order valence-electron chi connectivity index (χ4n) is 2.38. The van der Waals surface area contributed by atoms with E-state index >= 15 is 0 Å². The Morgan fingerprint density at radius 2 is 2.11 bits per heavy atom. The number of benzene rings is 1. The zero-order chi connectivity index (χ0) is 19.5. The van der Waals surface area contributed by atoms with E-state index in [2.05, 4.69) is 30.3 Å². The van der Waals surface area contributed by atoms with Crippen LogP contribution in [0.15, 0.2) is 36.7 Å². The molecule has 8 nitrogen and oxygen atoms in total. The van der Waals surface area contributed by atoms with Gasteiger partial charge in [-0.2, -0.15) is 13.8 Å². The minimum Gasteiger partial charge on any atom is -0.457 e. The molecular formula is C17H15F3N6O2. The molecule has 0 amide bonds. The van der Waals surface area contributed by atoms with E-state index in [0.29, 0.717) is 23.2 Å². The second-order valence-corrected chi connectivity index (χ2v) is 6.08. The molecule has 0 atom stereocenters. The molecule has 1 fully saturated rings. The minimum atomic E-state index is -3.13. The van der Waals surface area contributed by atoms with Crippen LogP contribution < -0.4 is 14.8 Å². The van der Waals surface area contributed by atoms with Crippen molar-refractivity contribution in [2.24, 2.45) is 0 Å². The van der Waals surface area contributed by atoms with Gasteiger partial charge in [0.2, 0.25) is 0 Å². The molecule has 0 saturated heterocycles. The third-order valence-corrected chi connectivity index (χ3v) is 3.85. The van der Waals surface area contributed by atoms with Gasteiger partial charge in [-0.3, -0.25) is 0 Å². The van der Waals surface area contributed by atoms with Crippen molar-refractivity contribution < 1.29 is 22.6 Å². The van der Waals surface area contributed by atoms with E-state index in [1.54, 1.807) is 12.3 Å². The second-order valence-electron chi connectivity index (χ2n) is 6.08. The van der Waals surface area contributed by atoms with Crippen molar-refractivity contribution in [2.45, 2.75) is 32.1 Å². The summed E-state index contributed by atoms with van der Waals surface area (Å²) in [5, 5.41) is 11.1. The summed E-state index contributed by atoms with van der Waals surface area (Å²) in [6.45, 7) is -3.08. The average molecular weight is 392 g/mol. The molecule has 1 aliphatic rings. The molecule has 2 heterocycles. The Labute approximate surface area is 157 Å². The Balaban J connectivity index is 1.42. The number of hydrogen-bond acceptors (Lipinski definition) is 7. The number of halogens is 3. The Hall–Kier alpha value is -3.37. The van der Waals surface area contributed by atoms with Crippen molar-refractivity contribution >= 4 is 5.82 Å². The maximum Gasteiger partial charge on any atom is 0.387 e. The third-order valence-electron chi connectivity index (χ3n) is 3.85. The molecule has 1 aliphatic carbocycles. The quantitative estimate of drug-likeness (QED) is 0.631. The Kier molecular flexibility index (Phi) is 4.96. The molecule has 0 bridgehead atoms. The van der Waals surface area contributed by atoms with E-state index in [-0.39, 0.29) is 12.6 Å². The van der Waals surface area contributed by atoms with E-state index in [0.717, 1.165) is 25.0 Å². The molecule has 28 heavy (non-hydrogen) atoms. The zero-order valence-corrected chi connectivity index (χ0v) is 14.4. The van der Waals surface area contributed by atoms with Crippen molar-refractivity contribution in [1.29, 1.82) is 0 Å². The number of hydrogen-bond donors (Lipinski definition) is 1. The number of rotatable bonds is 8. The largest absolute Gasteiger partial charge is 0.457 e. The lowest BCUT2D eigenvalue weighted by Crippen LogP contribution is -2.05. The van der Waals surface area contributed by atoms with Crippen molar-refractivity contribution in [3.05, 3.63) is 48.2 Å². The van der Waals surface area contributed by atoms with Crippen molar-refractivity contribution in [2.75, 3.05) is 5.32 Å². The summed E-state index contributed by atoms with van der Waals surface area (Å²) in [5.41, 5.74) is 0.757. The molecule has 2 aromatic heterocycles. The molecule has 4 rings (SSSR count). The van der Waals surface area contributed by atoms with Crippen LogP contribution >= 0.6 is 0 Å². The summed E-state index contributed by atoms with van der Waals surface area (Å²) in [7, 11) is 0. The lowest BCUT2D eigenvalue weighted by molar-refractivity contribution is -0.0521. The average Bonchev–Trinajstić information content (AvgIpc) is 3.35. The molecule has 0 radical (unpaired) electrons. The summed E-state index contributed by atoms with van der Waals surface area (Å²) >= 11 is 0. The number of ether oxygens (including phenoxy) is 2. The SMILES string of the molecule is Fc1ccc(-n2cc(COc3nccc(NC4CC4)n3)nn2)cc1OC(F)F. The highest BCUT2D eigenvalue weighted by molar-refractivity contribution is 5.40. The van der Waals surface area contributed by atoms with Crippen LogP contribution in [0.1, 0.15) is 18.5 Å². The van der Waals surface area contributed by atoms with Gasteiger partial charge in [0.15, 0.2) is 11.6 Å². The van der Waals surface area contributed by atoms with Crippen LogP contribution in [0.2, 0.25) is 0 Å². The highest BCUT2D eigenvalue weighted by Gasteiger charge is 2.21. The minimum absolute atomic E-state index is 0.0501. The zero-order valence-electron chi connectivity index (χ0n) is 14.4. The van der Waals surface area contributed by atoms with E-state index < -0.39 is 18.2 Å². The van der Waals surface area contributed by atoms with Gasteiger partial charge in [-0.15, -0.1) is 5.10 Å². The van der Waals surface area contributed by atoms with Crippen LogP contribution in [0.25, 0.3) is 5.69 Å². The van der Waals surface area contributed by atoms with Gasteiger partial charge in [-0.25, -0.2) is 14.1 Å². The number of nitrogens with zero attached hydrogens (tertiary/aromatic N) is 5. The van der Waals surface area contributed by atoms with Crippen LogP contribution in [0.4, 0.5) is 19.0 Å². The highest BCUT2D eigenvalue weighted by atomic mass is 19.3. The summed E-state index contributed by atoms with van der Waals surface area (Å²) in [6.07, 6.45) is 5.35. The first-order valence-corrected chi connectivity index (χ1v) is 8.45. The summed E-state index contributed by atoms with van der Waals surface area (Å²) < 4.78 is 49.2. The van der Waals surface area contributed by atoms with Gasteiger partial charge in [-0.05, 0) is 31.0 Å². The van der Waals surface area contributed by atoms with Gasteiger partial charge < -0.3 is 14.8 Å². The third kappa shape index (κ3) is 4.48. The second kappa shape index (κ2) is 7.71. The molecule has 146 valence electrons. The van der Waals surface area contributed by atoms with Gasteiger partial charge in [-0.1, -0.05) is 5.21 Å². The first-order chi connectivity index (χ1) is 13.6. The molecule has 11 heteroatoms. The first kappa shape index (κ1) is 18.0. The smallest absolute Gasteiger partial charge is 0.387 e. The van der Waals surface area contributed by atoms with Crippen LogP contribution in [0.3, 0.4) is 0 Å². The topological polar surface area (TPSA) is 87.0 Å². The molecule has 1 saturated carbocycles. The summed E-state index contributed by atoms with van der Waals surface area (Å²) in [5.74, 6) is -0.784. The lowest BCUT2D eigenvalue weighted by atomic mass is 10.3. The predicted molar refractivity (Wildman–Crippen MR) is 91.0 cm³/mol. The standard InChI is InChI=1S/C17H15F3N6O2/c18-13-4-3-12(7-14(13)28-16(19)20)26-8-11(24-25-26)9-27-17-21-6-5-15(23-17)22-10-1-2-10/h3-8,10,16H,1-2,9H2,(H,21,22,23). The Bertz CT molecular complexity index is 964. The van der Waals surface area contributed by atoms with E-state index in [9.17, 15) is 13.2 Å². The van der Waals surface area contributed by atoms with Crippen LogP contribution in [-0.4, -0.2) is 37.6 Å². The number of nitrogens with one attached hydrogen (secondary N) is 1. The molecule has 1 aromatic carbocycles. The molecule has 0 spiro atoms. The summed E-state index contributed by atoms with van der Waals surface area (Å²) in [4.78, 5) is 8.29. The lowest BCUT2D eigenvalue weighted by Gasteiger charge is -2.07. The van der Waals surface area contributed by atoms with Crippen LogP contribution in [-0.2, 0) is 6.61 Å². The van der Waals surface area contributed by atoms with Gasteiger partial charge in [0.1, 0.15) is 18.1 Å². The monoisotopic (exact) mass is 392 g/mol. The van der Waals surface area contributed by atoms with Crippen LogP contribution in [0.5, 0.6) is 11.8 Å². The molecular weight excluding hydrogens is 377 g/mol. The molecule has 1 N–H and O–H groups in total. The van der Waals surface area contributed by atoms with E-state index in [1.165, 1.54) is 16.9 Å². The highest BCUT2D eigenvalue weighted by Crippen LogP contribution is 2.24. The predicted octanol–water partition coefficient (Wildman–Crippen LogP) is 2.95. The van der Waals surface area contributed by atoms with Gasteiger partial charge in [0.25, 0.3) is 0 Å². The van der Waals surface area contributed by atoms with Gasteiger partial charge in [0, 0.05) is 18.3 Å². The normalized spacial score (nSPS) is 13.6. The van der Waals surface area contributed by atoms with Crippen LogP contribution in [0, 0.1) is 5.82 Å². The Morgan fingerprint density at radius 1 is 1.25 bits per heavy atom. The molecule has 3 aromatic rings. The van der Waals surface area contributed by atoms with Crippen molar-refractivity contribution in [3.8, 4) is 17.4 Å². The van der Waals surface area contributed by atoms with Gasteiger partial charge in [0.05, 0.1) is 11.9 Å². The van der Waals surface area contributed by atoms with Gasteiger partial charge >= 0.3 is 12.6 Å². The summed E-state index contributed by atoms with van der Waals surface area (Å²) in [6, 6.07) is 5.89. The fourth-order valence-corrected chi connectivity index (χ4v) is 2.38. The molecule has 0 unspecified atom stereocenters. The maximum atomic E-state index is 13.5. The number of aromatic nitrogens is 5. The van der Waals surface area contributed by atoms with Crippen molar-refractivity contribution in [3.63, 3.8) is 0 Å². The van der Waals surface area contributed by atoms with Crippen molar-refractivity contribution in [1.82, 2.24) is 25.0 Å². The van der Waals surface area contributed by atoms with E-state index in [1.807, 2.05) is 0 Å². The van der Waals surface area contributed by atoms with E-state index in [4.69, 9.17) is 4.74 Å². The number of anilines is 1. The Morgan fingerprint density at radius 3 is 2.89 bits per heavy atom. The maximum absolute atomic E-state index is 13.5.